The first-order valence-electron chi connectivity index (χ1n) is 5.01. The Morgan fingerprint density at radius 3 is 2.87 bits per heavy atom. The summed E-state index contributed by atoms with van der Waals surface area (Å²) >= 11 is 2.36. The zero-order chi connectivity index (χ0) is 10.5. The van der Waals surface area contributed by atoms with E-state index in [1.54, 1.807) is 0 Å². The fourth-order valence-electron chi connectivity index (χ4n) is 1.49. The van der Waals surface area contributed by atoms with E-state index in [1.165, 1.54) is 5.39 Å². The number of benzene rings is 1. The highest BCUT2D eigenvalue weighted by Crippen LogP contribution is 2.11. The zero-order valence-corrected chi connectivity index (χ0v) is 10.6. The van der Waals surface area contributed by atoms with Gasteiger partial charge < -0.3 is 5.32 Å². The third-order valence-electron chi connectivity index (χ3n) is 2.23. The number of fused-ring (bicyclic) bond motifs is 1. The van der Waals surface area contributed by atoms with Gasteiger partial charge in [-0.3, -0.25) is 4.98 Å². The van der Waals surface area contributed by atoms with E-state index in [9.17, 15) is 0 Å². The van der Waals surface area contributed by atoms with Gasteiger partial charge in [0.05, 0.1) is 11.2 Å². The van der Waals surface area contributed by atoms with E-state index in [0.717, 1.165) is 28.7 Å². The summed E-state index contributed by atoms with van der Waals surface area (Å²) in [7, 11) is 0. The first-order chi connectivity index (χ1) is 7.40. The van der Waals surface area contributed by atoms with E-state index in [0.29, 0.717) is 0 Å². The van der Waals surface area contributed by atoms with Gasteiger partial charge in [-0.15, -0.1) is 0 Å². The summed E-state index contributed by atoms with van der Waals surface area (Å²) in [5, 5.41) is 4.55. The minimum absolute atomic E-state index is 0.855. The average Bonchev–Trinajstić information content (AvgIpc) is 2.29. The Labute approximate surface area is 103 Å². The van der Waals surface area contributed by atoms with Crippen LogP contribution < -0.4 is 5.32 Å². The van der Waals surface area contributed by atoms with Crippen LogP contribution >= 0.6 is 22.6 Å². The van der Waals surface area contributed by atoms with Crippen molar-refractivity contribution < 1.29 is 0 Å². The van der Waals surface area contributed by atoms with E-state index < -0.39 is 0 Å². The monoisotopic (exact) mass is 312 g/mol. The Balaban J connectivity index is 2.16. The van der Waals surface area contributed by atoms with Crippen LogP contribution in [0.1, 0.15) is 5.69 Å². The van der Waals surface area contributed by atoms with Crippen molar-refractivity contribution in [2.24, 2.45) is 0 Å². The van der Waals surface area contributed by atoms with Crippen LogP contribution in [-0.4, -0.2) is 16.0 Å². The molecule has 0 aliphatic carbocycles. The van der Waals surface area contributed by atoms with Gasteiger partial charge in [-0.05, 0) is 12.1 Å². The second kappa shape index (κ2) is 5.42. The second-order valence-electron chi connectivity index (χ2n) is 3.36. The predicted molar refractivity (Wildman–Crippen MR) is 72.3 cm³/mol. The number of rotatable bonds is 4. The quantitative estimate of drug-likeness (QED) is 0.533. The van der Waals surface area contributed by atoms with Crippen molar-refractivity contribution in [2.45, 2.75) is 6.54 Å². The van der Waals surface area contributed by atoms with Crippen molar-refractivity contribution in [3.8, 4) is 0 Å². The number of nitrogens with zero attached hydrogens (tertiary/aromatic N) is 1. The smallest absolute Gasteiger partial charge is 0.0705 e. The van der Waals surface area contributed by atoms with Gasteiger partial charge in [0.25, 0.3) is 0 Å². The molecule has 2 rings (SSSR count). The molecule has 0 bridgehead atoms. The van der Waals surface area contributed by atoms with Gasteiger partial charge in [-0.1, -0.05) is 46.9 Å². The molecule has 0 aliphatic heterocycles. The van der Waals surface area contributed by atoms with Crippen LogP contribution in [0.3, 0.4) is 0 Å². The molecular formula is C12H13IN2. The van der Waals surface area contributed by atoms with Gasteiger partial charge in [-0.2, -0.15) is 0 Å². The number of hydrogen-bond donors (Lipinski definition) is 1. The van der Waals surface area contributed by atoms with Crippen LogP contribution in [0.4, 0.5) is 0 Å². The Bertz CT molecular complexity index is 442. The highest BCUT2D eigenvalue weighted by atomic mass is 127. The lowest BCUT2D eigenvalue weighted by molar-refractivity contribution is 0.722. The largest absolute Gasteiger partial charge is 0.310 e. The van der Waals surface area contributed by atoms with Gasteiger partial charge in [0, 0.05) is 22.9 Å². The highest BCUT2D eigenvalue weighted by molar-refractivity contribution is 14.1. The fourth-order valence-corrected chi connectivity index (χ4v) is 1.87. The lowest BCUT2D eigenvalue weighted by atomic mass is 10.2. The molecule has 1 N–H and O–H groups in total. The summed E-state index contributed by atoms with van der Waals surface area (Å²) in [6.07, 6.45) is 0. The molecular weight excluding hydrogens is 299 g/mol. The molecule has 0 radical (unpaired) electrons. The second-order valence-corrected chi connectivity index (χ2v) is 4.44. The lowest BCUT2D eigenvalue weighted by Crippen LogP contribution is -2.16. The summed E-state index contributed by atoms with van der Waals surface area (Å²) in [4.78, 5) is 4.58. The average molecular weight is 312 g/mol. The van der Waals surface area contributed by atoms with E-state index in [4.69, 9.17) is 0 Å². The molecule has 3 heteroatoms. The van der Waals surface area contributed by atoms with Crippen molar-refractivity contribution in [2.75, 3.05) is 11.0 Å². The molecule has 15 heavy (non-hydrogen) atoms. The van der Waals surface area contributed by atoms with Crippen molar-refractivity contribution in [1.29, 1.82) is 0 Å². The molecule has 1 aromatic carbocycles. The minimum Gasteiger partial charge on any atom is -0.310 e. The maximum atomic E-state index is 4.58. The van der Waals surface area contributed by atoms with Crippen LogP contribution in [-0.2, 0) is 6.54 Å². The molecule has 0 spiro atoms. The van der Waals surface area contributed by atoms with Crippen molar-refractivity contribution in [1.82, 2.24) is 10.3 Å². The topological polar surface area (TPSA) is 24.9 Å². The standard InChI is InChI=1S/C12H13IN2/c13-7-8-14-9-11-6-5-10-3-1-2-4-12(10)15-11/h1-6,14H,7-9H2. The first kappa shape index (κ1) is 10.8. The van der Waals surface area contributed by atoms with Crippen LogP contribution in [0.5, 0.6) is 0 Å². The molecule has 0 unspecified atom stereocenters. The summed E-state index contributed by atoms with van der Waals surface area (Å²) in [5.74, 6) is 0. The number of aromatic nitrogens is 1. The summed E-state index contributed by atoms with van der Waals surface area (Å²) in [6, 6.07) is 12.4. The van der Waals surface area contributed by atoms with E-state index >= 15 is 0 Å². The van der Waals surface area contributed by atoms with Gasteiger partial charge >= 0.3 is 0 Å². The third-order valence-corrected chi connectivity index (χ3v) is 2.77. The van der Waals surface area contributed by atoms with Crippen LogP contribution in [0, 0.1) is 0 Å². The minimum atomic E-state index is 0.855. The number of nitrogens with one attached hydrogen (secondary N) is 1. The van der Waals surface area contributed by atoms with Crippen LogP contribution in [0.15, 0.2) is 36.4 Å². The SMILES string of the molecule is ICCNCc1ccc2ccccc2n1. The Kier molecular flexibility index (Phi) is 3.91. The number of para-hydroxylation sites is 1. The zero-order valence-electron chi connectivity index (χ0n) is 8.41. The normalized spacial score (nSPS) is 10.7. The van der Waals surface area contributed by atoms with Gasteiger partial charge in [0.2, 0.25) is 0 Å². The molecule has 2 nitrogen and oxygen atoms in total. The predicted octanol–water partition coefficient (Wildman–Crippen LogP) is 2.76. The van der Waals surface area contributed by atoms with Gasteiger partial charge in [0.1, 0.15) is 0 Å². The van der Waals surface area contributed by atoms with Gasteiger partial charge in [0.15, 0.2) is 0 Å². The molecule has 2 aromatic rings. The van der Waals surface area contributed by atoms with Crippen molar-refractivity contribution >= 4 is 33.5 Å². The van der Waals surface area contributed by atoms with Gasteiger partial charge in [-0.25, -0.2) is 0 Å². The Hall–Kier alpha value is -0.680. The molecule has 78 valence electrons. The number of hydrogen-bond acceptors (Lipinski definition) is 2. The Morgan fingerprint density at radius 2 is 2.00 bits per heavy atom. The molecule has 0 fully saturated rings. The maximum Gasteiger partial charge on any atom is 0.0705 e. The summed E-state index contributed by atoms with van der Waals surface area (Å²) in [6.45, 7) is 1.89. The first-order valence-corrected chi connectivity index (χ1v) is 6.54. The van der Waals surface area contributed by atoms with E-state index in [2.05, 4.69) is 57.2 Å². The van der Waals surface area contributed by atoms with E-state index in [-0.39, 0.29) is 0 Å². The molecule has 0 amide bonds. The molecule has 0 saturated heterocycles. The van der Waals surface area contributed by atoms with E-state index in [1.807, 2.05) is 12.1 Å². The number of alkyl halides is 1. The number of pyridine rings is 1. The van der Waals surface area contributed by atoms with Crippen LogP contribution in [0.2, 0.25) is 0 Å². The Morgan fingerprint density at radius 1 is 1.13 bits per heavy atom. The molecule has 0 saturated carbocycles. The fraction of sp³-hybridized carbons (Fsp3) is 0.250. The molecule has 1 aromatic heterocycles. The summed E-state index contributed by atoms with van der Waals surface area (Å²) < 4.78 is 1.13. The van der Waals surface area contributed by atoms with Crippen molar-refractivity contribution in [3.63, 3.8) is 0 Å². The third kappa shape index (κ3) is 2.89. The lowest BCUT2D eigenvalue weighted by Gasteiger charge is -2.03. The van der Waals surface area contributed by atoms with Crippen molar-refractivity contribution in [3.05, 3.63) is 42.1 Å². The number of halogens is 1. The molecule has 0 aliphatic rings. The van der Waals surface area contributed by atoms with Crippen LogP contribution in [0.25, 0.3) is 10.9 Å². The summed E-state index contributed by atoms with van der Waals surface area (Å²) in [5.41, 5.74) is 2.19. The molecule has 0 atom stereocenters. The highest BCUT2D eigenvalue weighted by Gasteiger charge is 1.96. The molecule has 1 heterocycles. The maximum absolute atomic E-state index is 4.58.